The fourth-order valence-corrected chi connectivity index (χ4v) is 1.22. The summed E-state index contributed by atoms with van der Waals surface area (Å²) < 4.78 is 10.1. The minimum atomic E-state index is -0.456. The predicted octanol–water partition coefficient (Wildman–Crippen LogP) is 0.570. The quantitative estimate of drug-likeness (QED) is 0.590. The van der Waals surface area contributed by atoms with Crippen LogP contribution < -0.4 is 15.8 Å². The van der Waals surface area contributed by atoms with Crippen LogP contribution in [0.3, 0.4) is 0 Å². The van der Waals surface area contributed by atoms with E-state index in [1.807, 2.05) is 0 Å². The first kappa shape index (κ1) is 13.8. The third-order valence-electron chi connectivity index (χ3n) is 2.16. The summed E-state index contributed by atoms with van der Waals surface area (Å²) in [7, 11) is 1.50. The van der Waals surface area contributed by atoms with Gasteiger partial charge in [0.25, 0.3) is 5.91 Å². The number of hydrogen-bond acceptors (Lipinski definition) is 5. The third kappa shape index (κ3) is 3.65. The SMILES string of the molecule is CCOC(=O)c1ccc(N)c(OCC(=O)NC)c1. The Morgan fingerprint density at radius 1 is 1.39 bits per heavy atom. The average Bonchev–Trinajstić information content (AvgIpc) is 2.37. The van der Waals surface area contributed by atoms with Crippen molar-refractivity contribution in [3.05, 3.63) is 23.8 Å². The zero-order valence-corrected chi connectivity index (χ0v) is 10.4. The molecule has 0 aromatic heterocycles. The monoisotopic (exact) mass is 252 g/mol. The molecule has 0 atom stereocenters. The molecule has 1 aromatic rings. The highest BCUT2D eigenvalue weighted by atomic mass is 16.5. The first-order chi connectivity index (χ1) is 8.58. The van der Waals surface area contributed by atoms with Crippen molar-refractivity contribution in [3.8, 4) is 5.75 Å². The van der Waals surface area contributed by atoms with Crippen molar-refractivity contribution in [2.24, 2.45) is 0 Å². The zero-order chi connectivity index (χ0) is 13.5. The van der Waals surface area contributed by atoms with E-state index in [0.717, 1.165) is 0 Å². The maximum atomic E-state index is 11.5. The lowest BCUT2D eigenvalue weighted by molar-refractivity contribution is -0.122. The lowest BCUT2D eigenvalue weighted by Gasteiger charge is -2.09. The Morgan fingerprint density at radius 3 is 2.72 bits per heavy atom. The van der Waals surface area contributed by atoms with Crippen molar-refractivity contribution in [1.29, 1.82) is 0 Å². The topological polar surface area (TPSA) is 90.7 Å². The Balaban J connectivity index is 2.81. The standard InChI is InChI=1S/C12H16N2O4/c1-3-17-12(16)8-4-5-9(13)10(6-8)18-7-11(15)14-2/h4-6H,3,7,13H2,1-2H3,(H,14,15). The average molecular weight is 252 g/mol. The molecule has 0 radical (unpaired) electrons. The number of hydrogen-bond donors (Lipinski definition) is 2. The van der Waals surface area contributed by atoms with E-state index in [4.69, 9.17) is 15.2 Å². The number of carbonyl (C=O) groups is 2. The van der Waals surface area contributed by atoms with Crippen LogP contribution in [-0.2, 0) is 9.53 Å². The van der Waals surface area contributed by atoms with E-state index in [-0.39, 0.29) is 24.9 Å². The summed E-state index contributed by atoms with van der Waals surface area (Å²) in [6.45, 7) is 1.85. The Hall–Kier alpha value is -2.24. The van der Waals surface area contributed by atoms with E-state index in [1.165, 1.54) is 19.2 Å². The Morgan fingerprint density at radius 2 is 2.11 bits per heavy atom. The van der Waals surface area contributed by atoms with Gasteiger partial charge in [-0.05, 0) is 25.1 Å². The van der Waals surface area contributed by atoms with Gasteiger partial charge in [0, 0.05) is 7.05 Å². The van der Waals surface area contributed by atoms with Gasteiger partial charge in [-0.2, -0.15) is 0 Å². The minimum Gasteiger partial charge on any atom is -0.482 e. The lowest BCUT2D eigenvalue weighted by Crippen LogP contribution is -2.25. The van der Waals surface area contributed by atoms with Crippen molar-refractivity contribution < 1.29 is 19.1 Å². The largest absolute Gasteiger partial charge is 0.482 e. The van der Waals surface area contributed by atoms with Crippen LogP contribution in [0, 0.1) is 0 Å². The van der Waals surface area contributed by atoms with Crippen molar-refractivity contribution in [3.63, 3.8) is 0 Å². The van der Waals surface area contributed by atoms with Gasteiger partial charge < -0.3 is 20.5 Å². The first-order valence-electron chi connectivity index (χ1n) is 5.48. The van der Waals surface area contributed by atoms with E-state index in [2.05, 4.69) is 5.32 Å². The molecule has 6 heteroatoms. The van der Waals surface area contributed by atoms with Gasteiger partial charge in [0.05, 0.1) is 17.9 Å². The molecule has 1 rings (SSSR count). The van der Waals surface area contributed by atoms with Crippen molar-refractivity contribution >= 4 is 17.6 Å². The predicted molar refractivity (Wildman–Crippen MR) is 66.4 cm³/mol. The van der Waals surface area contributed by atoms with Gasteiger partial charge in [-0.15, -0.1) is 0 Å². The maximum absolute atomic E-state index is 11.5. The van der Waals surface area contributed by atoms with E-state index in [0.29, 0.717) is 11.3 Å². The number of carbonyl (C=O) groups excluding carboxylic acids is 2. The normalized spacial score (nSPS) is 9.67. The molecule has 6 nitrogen and oxygen atoms in total. The van der Waals surface area contributed by atoms with Crippen LogP contribution >= 0.6 is 0 Å². The zero-order valence-electron chi connectivity index (χ0n) is 10.4. The second-order valence-electron chi connectivity index (χ2n) is 3.43. The number of esters is 1. The van der Waals surface area contributed by atoms with Gasteiger partial charge in [0.15, 0.2) is 6.61 Å². The van der Waals surface area contributed by atoms with Gasteiger partial charge in [0.1, 0.15) is 5.75 Å². The number of nitrogens with one attached hydrogen (secondary N) is 1. The van der Waals surface area contributed by atoms with Crippen LogP contribution in [0.5, 0.6) is 5.75 Å². The number of ether oxygens (including phenoxy) is 2. The summed E-state index contributed by atoms with van der Waals surface area (Å²) >= 11 is 0. The Labute approximate surface area is 105 Å². The minimum absolute atomic E-state index is 0.160. The van der Waals surface area contributed by atoms with E-state index < -0.39 is 5.97 Å². The summed E-state index contributed by atoms with van der Waals surface area (Å²) in [5, 5.41) is 2.42. The van der Waals surface area contributed by atoms with Crippen LogP contribution in [0.4, 0.5) is 5.69 Å². The van der Waals surface area contributed by atoms with Gasteiger partial charge in [-0.1, -0.05) is 0 Å². The summed E-state index contributed by atoms with van der Waals surface area (Å²) in [5.74, 6) is -0.456. The molecule has 98 valence electrons. The number of amides is 1. The molecule has 0 aliphatic carbocycles. The van der Waals surface area contributed by atoms with Gasteiger partial charge in [-0.25, -0.2) is 4.79 Å². The van der Waals surface area contributed by atoms with Gasteiger partial charge in [-0.3, -0.25) is 4.79 Å². The van der Waals surface area contributed by atoms with Gasteiger partial charge >= 0.3 is 5.97 Å². The molecular formula is C12H16N2O4. The molecule has 0 heterocycles. The summed E-state index contributed by atoms with van der Waals surface area (Å²) in [6.07, 6.45) is 0. The molecule has 18 heavy (non-hydrogen) atoms. The molecule has 0 unspecified atom stereocenters. The number of benzene rings is 1. The highest BCUT2D eigenvalue weighted by Gasteiger charge is 2.10. The highest BCUT2D eigenvalue weighted by molar-refractivity contribution is 5.90. The molecule has 1 amide bonds. The number of likely N-dealkylation sites (N-methyl/N-ethyl adjacent to an activating group) is 1. The van der Waals surface area contributed by atoms with Crippen LogP contribution in [0.2, 0.25) is 0 Å². The Bertz CT molecular complexity index is 446. The number of rotatable bonds is 5. The smallest absolute Gasteiger partial charge is 0.338 e. The van der Waals surface area contributed by atoms with E-state index in [9.17, 15) is 9.59 Å². The summed E-state index contributed by atoms with van der Waals surface area (Å²) in [6, 6.07) is 4.53. The highest BCUT2D eigenvalue weighted by Crippen LogP contribution is 2.23. The summed E-state index contributed by atoms with van der Waals surface area (Å²) in [5.41, 5.74) is 6.37. The van der Waals surface area contributed by atoms with Crippen LogP contribution in [0.1, 0.15) is 17.3 Å². The van der Waals surface area contributed by atoms with Crippen LogP contribution in [0.25, 0.3) is 0 Å². The second kappa shape index (κ2) is 6.48. The Kier molecular flexibility index (Phi) is 4.98. The fraction of sp³-hybridized carbons (Fsp3) is 0.333. The maximum Gasteiger partial charge on any atom is 0.338 e. The van der Waals surface area contributed by atoms with Crippen molar-refractivity contribution in [2.75, 3.05) is 26.0 Å². The first-order valence-corrected chi connectivity index (χ1v) is 5.48. The molecule has 0 saturated carbocycles. The lowest BCUT2D eigenvalue weighted by atomic mass is 10.2. The van der Waals surface area contributed by atoms with Crippen LogP contribution in [0.15, 0.2) is 18.2 Å². The molecule has 0 fully saturated rings. The number of nitrogen functional groups attached to an aromatic ring is 1. The molecule has 0 aliphatic heterocycles. The van der Waals surface area contributed by atoms with Crippen molar-refractivity contribution in [1.82, 2.24) is 5.32 Å². The van der Waals surface area contributed by atoms with Gasteiger partial charge in [0.2, 0.25) is 0 Å². The summed E-state index contributed by atoms with van der Waals surface area (Å²) in [4.78, 5) is 22.6. The molecule has 0 bridgehead atoms. The third-order valence-corrected chi connectivity index (χ3v) is 2.16. The second-order valence-corrected chi connectivity index (χ2v) is 3.43. The van der Waals surface area contributed by atoms with E-state index in [1.54, 1.807) is 13.0 Å². The molecule has 0 aliphatic rings. The molecular weight excluding hydrogens is 236 g/mol. The molecule has 1 aromatic carbocycles. The number of anilines is 1. The molecule has 0 saturated heterocycles. The van der Waals surface area contributed by atoms with E-state index >= 15 is 0 Å². The fourth-order valence-electron chi connectivity index (χ4n) is 1.22. The van der Waals surface area contributed by atoms with Crippen LogP contribution in [-0.4, -0.2) is 32.1 Å². The molecule has 3 N–H and O–H groups in total. The van der Waals surface area contributed by atoms with Crippen molar-refractivity contribution in [2.45, 2.75) is 6.92 Å². The number of nitrogens with two attached hydrogens (primary N) is 1. The molecule has 0 spiro atoms.